The highest BCUT2D eigenvalue weighted by Gasteiger charge is 2.25. The lowest BCUT2D eigenvalue weighted by molar-refractivity contribution is 0.0955. The van der Waals surface area contributed by atoms with Gasteiger partial charge in [0.25, 0.3) is 15.9 Å². The molecule has 0 unspecified atom stereocenters. The van der Waals surface area contributed by atoms with Gasteiger partial charge < -0.3 is 0 Å². The Bertz CT molecular complexity index is 1360. The topological polar surface area (TPSA) is 91.7 Å². The van der Waals surface area contributed by atoms with Crippen molar-refractivity contribution in [2.24, 2.45) is 5.10 Å². The Morgan fingerprint density at radius 3 is 2.15 bits per heavy atom. The van der Waals surface area contributed by atoms with Gasteiger partial charge in [0, 0.05) is 11.8 Å². The van der Waals surface area contributed by atoms with Gasteiger partial charge in [0.2, 0.25) is 0 Å². The van der Waals surface area contributed by atoms with Crippen LogP contribution < -0.4 is 9.73 Å². The van der Waals surface area contributed by atoms with E-state index < -0.39 is 10.0 Å². The number of hydrogen-bond donors (Lipinski definition) is 1. The number of carbonyl (C=O) groups is 1. The number of nitrogens with zero attached hydrogens (tertiary/aromatic N) is 3. The van der Waals surface area contributed by atoms with Gasteiger partial charge in [-0.25, -0.2) is 13.8 Å². The largest absolute Gasteiger partial charge is 0.271 e. The van der Waals surface area contributed by atoms with Crippen molar-refractivity contribution in [2.45, 2.75) is 11.4 Å². The van der Waals surface area contributed by atoms with Gasteiger partial charge in [-0.05, 0) is 54.1 Å². The second-order valence-corrected chi connectivity index (χ2v) is 9.17. The van der Waals surface area contributed by atoms with E-state index in [0.717, 1.165) is 5.56 Å². The Balaban J connectivity index is 1.51. The molecule has 0 aliphatic rings. The molecule has 3 aromatic carbocycles. The fourth-order valence-corrected chi connectivity index (χ4v) is 4.70. The van der Waals surface area contributed by atoms with Gasteiger partial charge in [-0.1, -0.05) is 54.6 Å². The molecule has 1 N–H and O–H groups in total. The number of nitrogens with one attached hydrogen (secondary N) is 1. The minimum atomic E-state index is -3.79. The number of pyridine rings is 1. The molecule has 4 aromatic rings. The summed E-state index contributed by atoms with van der Waals surface area (Å²) in [7, 11) is -3.79. The summed E-state index contributed by atoms with van der Waals surface area (Å²) in [5.41, 5.74) is 4.78. The molecule has 0 saturated heterocycles. The Morgan fingerprint density at radius 2 is 1.50 bits per heavy atom. The lowest BCUT2D eigenvalue weighted by Gasteiger charge is -2.24. The van der Waals surface area contributed by atoms with E-state index in [-0.39, 0.29) is 17.3 Å². The van der Waals surface area contributed by atoms with Crippen molar-refractivity contribution in [1.29, 1.82) is 0 Å². The van der Waals surface area contributed by atoms with Gasteiger partial charge in [-0.2, -0.15) is 5.10 Å². The van der Waals surface area contributed by atoms with E-state index >= 15 is 0 Å². The van der Waals surface area contributed by atoms with E-state index in [2.05, 4.69) is 15.5 Å². The van der Waals surface area contributed by atoms with Crippen LogP contribution in [0.15, 0.2) is 119 Å². The molecular formula is C26H22N4O3S. The highest BCUT2D eigenvalue weighted by atomic mass is 32.2. The van der Waals surface area contributed by atoms with Crippen LogP contribution in [0.5, 0.6) is 0 Å². The number of anilines is 1. The fraction of sp³-hybridized carbons (Fsp3) is 0.0385. The van der Waals surface area contributed by atoms with Gasteiger partial charge in [0.15, 0.2) is 0 Å². The third kappa shape index (κ3) is 5.54. The second-order valence-electron chi connectivity index (χ2n) is 7.31. The van der Waals surface area contributed by atoms with Crippen molar-refractivity contribution in [3.05, 3.63) is 126 Å². The molecule has 0 aliphatic heterocycles. The molecule has 34 heavy (non-hydrogen) atoms. The van der Waals surface area contributed by atoms with Crippen LogP contribution in [0.2, 0.25) is 0 Å². The third-order valence-electron chi connectivity index (χ3n) is 4.97. The lowest BCUT2D eigenvalue weighted by atomic mass is 10.1. The highest BCUT2D eigenvalue weighted by Crippen LogP contribution is 2.25. The average molecular weight is 471 g/mol. The second kappa shape index (κ2) is 10.5. The summed E-state index contributed by atoms with van der Waals surface area (Å²) >= 11 is 0. The summed E-state index contributed by atoms with van der Waals surface area (Å²) in [6.45, 7) is 0.112. The first kappa shape index (κ1) is 22.9. The Hall–Kier alpha value is -4.30. The third-order valence-corrected chi connectivity index (χ3v) is 6.76. The van der Waals surface area contributed by atoms with Gasteiger partial charge in [0.1, 0.15) is 0 Å². The fourth-order valence-electron chi connectivity index (χ4n) is 3.23. The molecule has 8 heteroatoms. The number of carbonyl (C=O) groups excluding carboxylic acids is 1. The van der Waals surface area contributed by atoms with Crippen LogP contribution >= 0.6 is 0 Å². The maximum atomic E-state index is 13.4. The Morgan fingerprint density at radius 1 is 0.853 bits per heavy atom. The standard InChI is InChI=1S/C26H22N4O3S/c31-26(29-28-19-23-9-7-8-18-27-23)22-16-14-21(15-17-22)20-30(24-10-3-1-4-11-24)34(32,33)25-12-5-2-6-13-25/h1-19H,20H2,(H,29,31). The molecule has 1 amide bonds. The smallest absolute Gasteiger partial charge is 0.267 e. The molecule has 1 heterocycles. The number of aromatic nitrogens is 1. The number of amides is 1. The summed E-state index contributed by atoms with van der Waals surface area (Å²) in [5, 5.41) is 3.92. The van der Waals surface area contributed by atoms with E-state index in [1.165, 1.54) is 10.5 Å². The zero-order valence-electron chi connectivity index (χ0n) is 18.2. The zero-order chi connectivity index (χ0) is 23.8. The molecule has 0 fully saturated rings. The van der Waals surface area contributed by atoms with Gasteiger partial charge in [-0.15, -0.1) is 0 Å². The molecule has 1 aromatic heterocycles. The van der Waals surface area contributed by atoms with Crippen molar-refractivity contribution < 1.29 is 13.2 Å². The predicted octanol–water partition coefficient (Wildman–Crippen LogP) is 4.24. The number of sulfonamides is 1. The number of hydrogen-bond acceptors (Lipinski definition) is 5. The van der Waals surface area contributed by atoms with Gasteiger partial charge >= 0.3 is 0 Å². The van der Waals surface area contributed by atoms with Crippen molar-refractivity contribution in [3.63, 3.8) is 0 Å². The van der Waals surface area contributed by atoms with E-state index in [4.69, 9.17) is 0 Å². The number of para-hydroxylation sites is 1. The van der Waals surface area contributed by atoms with Crippen LogP contribution in [0.25, 0.3) is 0 Å². The van der Waals surface area contributed by atoms with Crippen LogP contribution in [0.4, 0.5) is 5.69 Å². The average Bonchev–Trinajstić information content (AvgIpc) is 2.89. The number of hydrazone groups is 1. The first-order valence-electron chi connectivity index (χ1n) is 10.5. The van der Waals surface area contributed by atoms with Crippen molar-refractivity contribution in [3.8, 4) is 0 Å². The molecule has 0 aliphatic carbocycles. The molecule has 0 atom stereocenters. The number of rotatable bonds is 8. The molecule has 0 spiro atoms. The molecule has 0 saturated carbocycles. The van der Waals surface area contributed by atoms with Crippen LogP contribution in [0, 0.1) is 0 Å². The molecule has 7 nitrogen and oxygen atoms in total. The van der Waals surface area contributed by atoms with E-state index in [0.29, 0.717) is 16.9 Å². The number of benzene rings is 3. The maximum Gasteiger partial charge on any atom is 0.271 e. The van der Waals surface area contributed by atoms with Crippen LogP contribution in [-0.4, -0.2) is 25.5 Å². The SMILES string of the molecule is O=C(NN=Cc1ccccn1)c1ccc(CN(c2ccccc2)S(=O)(=O)c2ccccc2)cc1. The molecule has 0 radical (unpaired) electrons. The predicted molar refractivity (Wildman–Crippen MR) is 132 cm³/mol. The Labute approximate surface area is 198 Å². The van der Waals surface area contributed by atoms with Crippen LogP contribution in [0.1, 0.15) is 21.6 Å². The minimum Gasteiger partial charge on any atom is -0.267 e. The van der Waals surface area contributed by atoms with E-state index in [9.17, 15) is 13.2 Å². The zero-order valence-corrected chi connectivity index (χ0v) is 19.0. The highest BCUT2D eigenvalue weighted by molar-refractivity contribution is 7.92. The van der Waals surface area contributed by atoms with E-state index in [1.54, 1.807) is 97.2 Å². The minimum absolute atomic E-state index is 0.112. The lowest BCUT2D eigenvalue weighted by Crippen LogP contribution is -2.30. The summed E-state index contributed by atoms with van der Waals surface area (Å²) in [4.78, 5) is 16.7. The molecular weight excluding hydrogens is 448 g/mol. The monoisotopic (exact) mass is 470 g/mol. The molecule has 0 bridgehead atoms. The first-order chi connectivity index (χ1) is 16.5. The normalized spacial score (nSPS) is 11.3. The van der Waals surface area contributed by atoms with Crippen molar-refractivity contribution >= 4 is 27.8 Å². The van der Waals surface area contributed by atoms with E-state index in [1.807, 2.05) is 12.1 Å². The van der Waals surface area contributed by atoms with Crippen LogP contribution in [-0.2, 0) is 16.6 Å². The molecule has 4 rings (SSSR count). The molecule has 170 valence electrons. The Kier molecular flexibility index (Phi) is 7.10. The first-order valence-corrected chi connectivity index (χ1v) is 11.9. The van der Waals surface area contributed by atoms with Gasteiger partial charge in [-0.3, -0.25) is 14.1 Å². The van der Waals surface area contributed by atoms with Gasteiger partial charge in [0.05, 0.1) is 29.0 Å². The summed E-state index contributed by atoms with van der Waals surface area (Å²) < 4.78 is 28.1. The van der Waals surface area contributed by atoms with Crippen LogP contribution in [0.3, 0.4) is 0 Å². The summed E-state index contributed by atoms with van der Waals surface area (Å²) in [6.07, 6.45) is 3.09. The van der Waals surface area contributed by atoms with Crippen molar-refractivity contribution in [1.82, 2.24) is 10.4 Å². The summed E-state index contributed by atoms with van der Waals surface area (Å²) in [5.74, 6) is -0.379. The quantitative estimate of drug-likeness (QED) is 0.308. The van der Waals surface area contributed by atoms with Crippen molar-refractivity contribution in [2.75, 3.05) is 4.31 Å². The maximum absolute atomic E-state index is 13.4. The summed E-state index contributed by atoms with van der Waals surface area (Å²) in [6, 6.07) is 29.4.